The highest BCUT2D eigenvalue weighted by Gasteiger charge is 2.24. The zero-order valence-electron chi connectivity index (χ0n) is 12.7. The van der Waals surface area contributed by atoms with Crippen LogP contribution in [0.15, 0.2) is 24.3 Å². The Hall–Kier alpha value is -1.59. The molecule has 1 aromatic rings. The Morgan fingerprint density at radius 2 is 1.91 bits per heavy atom. The number of benzene rings is 1. The Bertz CT molecular complexity index is 511. The first-order chi connectivity index (χ1) is 10.6. The van der Waals surface area contributed by atoms with Gasteiger partial charge in [-0.3, -0.25) is 9.59 Å². The van der Waals surface area contributed by atoms with Crippen LogP contribution in [0, 0.1) is 0 Å². The molecule has 1 aliphatic rings. The molecule has 0 aliphatic carbocycles. The van der Waals surface area contributed by atoms with Gasteiger partial charge < -0.3 is 15.0 Å². The summed E-state index contributed by atoms with van der Waals surface area (Å²) in [5.41, 5.74) is 0.645. The van der Waals surface area contributed by atoms with Crippen LogP contribution < -0.4 is 5.32 Å². The van der Waals surface area contributed by atoms with Crippen molar-refractivity contribution >= 4 is 23.4 Å². The summed E-state index contributed by atoms with van der Waals surface area (Å²) in [6, 6.07) is 7.06. The number of methoxy groups -OCH3 is 1. The van der Waals surface area contributed by atoms with Gasteiger partial charge >= 0.3 is 0 Å². The molecule has 1 heterocycles. The lowest BCUT2D eigenvalue weighted by Crippen LogP contribution is -2.46. The van der Waals surface area contributed by atoms with Crippen LogP contribution >= 0.6 is 11.6 Å². The van der Waals surface area contributed by atoms with Gasteiger partial charge in [0.1, 0.15) is 0 Å². The third-order valence-electron chi connectivity index (χ3n) is 3.77. The maximum atomic E-state index is 12.4. The van der Waals surface area contributed by atoms with Gasteiger partial charge in [0.25, 0.3) is 5.91 Å². The third kappa shape index (κ3) is 4.71. The lowest BCUT2D eigenvalue weighted by atomic mass is 10.0. The van der Waals surface area contributed by atoms with Crippen LogP contribution in [0.1, 0.15) is 29.6 Å². The molecule has 22 heavy (non-hydrogen) atoms. The second-order valence-corrected chi connectivity index (χ2v) is 5.82. The van der Waals surface area contributed by atoms with E-state index in [2.05, 4.69) is 5.32 Å². The predicted octanol–water partition coefficient (Wildman–Crippen LogP) is 2.10. The second kappa shape index (κ2) is 8.15. The van der Waals surface area contributed by atoms with Gasteiger partial charge in [-0.25, -0.2) is 0 Å². The van der Waals surface area contributed by atoms with Crippen LogP contribution in [0.3, 0.4) is 0 Å². The zero-order chi connectivity index (χ0) is 15.9. The van der Waals surface area contributed by atoms with Crippen molar-refractivity contribution in [2.24, 2.45) is 0 Å². The van der Waals surface area contributed by atoms with Gasteiger partial charge in [0.15, 0.2) is 0 Å². The van der Waals surface area contributed by atoms with Crippen LogP contribution in [0.25, 0.3) is 0 Å². The van der Waals surface area contributed by atoms with E-state index in [1.807, 2.05) is 4.90 Å². The number of ether oxygens (including phenoxy) is 1. The molecule has 0 atom stereocenters. The highest BCUT2D eigenvalue weighted by atomic mass is 35.5. The number of hydrogen-bond donors (Lipinski definition) is 1. The van der Waals surface area contributed by atoms with Gasteiger partial charge in [0.2, 0.25) is 5.91 Å². The van der Waals surface area contributed by atoms with Crippen molar-refractivity contribution in [3.63, 3.8) is 0 Å². The van der Waals surface area contributed by atoms with Gasteiger partial charge in [0, 0.05) is 43.2 Å². The summed E-state index contributed by atoms with van der Waals surface area (Å²) in [6.45, 7) is 1.73. The number of nitrogens with one attached hydrogen (secondary N) is 1. The summed E-state index contributed by atoms with van der Waals surface area (Å²) in [6.07, 6.45) is 1.93. The Morgan fingerprint density at radius 3 is 2.50 bits per heavy atom. The van der Waals surface area contributed by atoms with Gasteiger partial charge in [-0.2, -0.15) is 0 Å². The molecule has 0 unspecified atom stereocenters. The summed E-state index contributed by atoms with van der Waals surface area (Å²) >= 11 is 5.83. The average Bonchev–Trinajstić information content (AvgIpc) is 2.54. The molecule has 1 aromatic carbocycles. The SMILES string of the molecule is COCCC(=O)NC1CCN(C(=O)c2ccc(Cl)cc2)CC1. The molecule has 5 nitrogen and oxygen atoms in total. The first-order valence-electron chi connectivity index (χ1n) is 7.43. The second-order valence-electron chi connectivity index (χ2n) is 5.38. The van der Waals surface area contributed by atoms with Crippen molar-refractivity contribution in [2.75, 3.05) is 26.8 Å². The predicted molar refractivity (Wildman–Crippen MR) is 85.0 cm³/mol. The van der Waals surface area contributed by atoms with Crippen LogP contribution in [-0.4, -0.2) is 49.6 Å². The first-order valence-corrected chi connectivity index (χ1v) is 7.81. The van der Waals surface area contributed by atoms with Gasteiger partial charge in [-0.15, -0.1) is 0 Å². The topological polar surface area (TPSA) is 58.6 Å². The fourth-order valence-corrected chi connectivity index (χ4v) is 2.62. The lowest BCUT2D eigenvalue weighted by Gasteiger charge is -2.32. The summed E-state index contributed by atoms with van der Waals surface area (Å²) in [5, 5.41) is 3.61. The summed E-state index contributed by atoms with van der Waals surface area (Å²) in [5.74, 6) is 0.0187. The van der Waals surface area contributed by atoms with E-state index in [0.29, 0.717) is 36.7 Å². The number of piperidine rings is 1. The number of rotatable bonds is 5. The molecule has 2 rings (SSSR count). The molecular formula is C16H21ClN2O3. The van der Waals surface area contributed by atoms with E-state index in [-0.39, 0.29) is 17.9 Å². The minimum absolute atomic E-state index is 0.00401. The molecule has 2 amide bonds. The zero-order valence-corrected chi connectivity index (χ0v) is 13.4. The van der Waals surface area contributed by atoms with Crippen molar-refractivity contribution in [1.29, 1.82) is 0 Å². The smallest absolute Gasteiger partial charge is 0.253 e. The lowest BCUT2D eigenvalue weighted by molar-refractivity contribution is -0.122. The molecule has 0 spiro atoms. The molecule has 1 fully saturated rings. The van der Waals surface area contributed by atoms with Gasteiger partial charge in [-0.1, -0.05) is 11.6 Å². The molecule has 0 saturated carbocycles. The van der Waals surface area contributed by atoms with Gasteiger partial charge in [0.05, 0.1) is 6.61 Å². The number of hydrogen-bond acceptors (Lipinski definition) is 3. The fraction of sp³-hybridized carbons (Fsp3) is 0.500. The van der Waals surface area contributed by atoms with Crippen molar-refractivity contribution < 1.29 is 14.3 Å². The van der Waals surface area contributed by atoms with E-state index < -0.39 is 0 Å². The average molecular weight is 325 g/mol. The van der Waals surface area contributed by atoms with E-state index in [1.165, 1.54) is 0 Å². The molecule has 0 aromatic heterocycles. The standard InChI is InChI=1S/C16H21ClN2O3/c1-22-11-8-15(20)18-14-6-9-19(10-7-14)16(21)12-2-4-13(17)5-3-12/h2-5,14H,6-11H2,1H3,(H,18,20). The number of carbonyl (C=O) groups is 2. The van der Waals surface area contributed by atoms with E-state index >= 15 is 0 Å². The van der Waals surface area contributed by atoms with Crippen LogP contribution in [-0.2, 0) is 9.53 Å². The molecule has 6 heteroatoms. The summed E-state index contributed by atoms with van der Waals surface area (Å²) < 4.78 is 4.88. The van der Waals surface area contributed by atoms with Crippen molar-refractivity contribution in [2.45, 2.75) is 25.3 Å². The fourth-order valence-electron chi connectivity index (χ4n) is 2.50. The highest BCUT2D eigenvalue weighted by molar-refractivity contribution is 6.30. The maximum Gasteiger partial charge on any atom is 0.253 e. The van der Waals surface area contributed by atoms with E-state index in [1.54, 1.807) is 31.4 Å². The van der Waals surface area contributed by atoms with Crippen molar-refractivity contribution in [1.82, 2.24) is 10.2 Å². The van der Waals surface area contributed by atoms with Crippen molar-refractivity contribution in [3.05, 3.63) is 34.9 Å². The normalized spacial score (nSPS) is 15.6. The summed E-state index contributed by atoms with van der Waals surface area (Å²) in [4.78, 5) is 25.8. The molecular weight excluding hydrogens is 304 g/mol. The van der Waals surface area contributed by atoms with E-state index in [9.17, 15) is 9.59 Å². The van der Waals surface area contributed by atoms with Crippen LogP contribution in [0.2, 0.25) is 5.02 Å². The Balaban J connectivity index is 1.80. The van der Waals surface area contributed by atoms with Crippen LogP contribution in [0.4, 0.5) is 0 Å². The van der Waals surface area contributed by atoms with E-state index in [4.69, 9.17) is 16.3 Å². The molecule has 1 N–H and O–H groups in total. The largest absolute Gasteiger partial charge is 0.384 e. The summed E-state index contributed by atoms with van der Waals surface area (Å²) in [7, 11) is 1.58. The first kappa shape index (κ1) is 16.8. The number of carbonyl (C=O) groups excluding carboxylic acids is 2. The molecule has 120 valence electrons. The Morgan fingerprint density at radius 1 is 1.27 bits per heavy atom. The maximum absolute atomic E-state index is 12.4. The third-order valence-corrected chi connectivity index (χ3v) is 4.02. The van der Waals surface area contributed by atoms with Gasteiger partial charge in [-0.05, 0) is 37.1 Å². The quantitative estimate of drug-likeness (QED) is 0.902. The minimum atomic E-state index is 0.00401. The van der Waals surface area contributed by atoms with Crippen LogP contribution in [0.5, 0.6) is 0 Å². The molecule has 0 bridgehead atoms. The molecule has 1 saturated heterocycles. The number of halogens is 1. The monoisotopic (exact) mass is 324 g/mol. The highest BCUT2D eigenvalue weighted by Crippen LogP contribution is 2.16. The molecule has 0 radical (unpaired) electrons. The van der Waals surface area contributed by atoms with Crippen molar-refractivity contribution in [3.8, 4) is 0 Å². The Labute approximate surface area is 135 Å². The molecule has 1 aliphatic heterocycles. The Kier molecular flexibility index (Phi) is 6.21. The number of nitrogens with zero attached hydrogens (tertiary/aromatic N) is 1. The number of likely N-dealkylation sites (tertiary alicyclic amines) is 1. The number of amides is 2. The van der Waals surface area contributed by atoms with E-state index in [0.717, 1.165) is 12.8 Å². The minimum Gasteiger partial charge on any atom is -0.384 e.